The van der Waals surface area contributed by atoms with Crippen LogP contribution >= 0.6 is 0 Å². The number of esters is 1. The van der Waals surface area contributed by atoms with E-state index in [9.17, 15) is 9.59 Å². The highest BCUT2D eigenvalue weighted by molar-refractivity contribution is 5.96. The van der Waals surface area contributed by atoms with Crippen LogP contribution in [0, 0.1) is 0 Å². The molecule has 0 amide bonds. The van der Waals surface area contributed by atoms with Crippen LogP contribution in [0.25, 0.3) is 17.0 Å². The molecule has 0 saturated carbocycles. The zero-order chi connectivity index (χ0) is 18.6. The fourth-order valence-corrected chi connectivity index (χ4v) is 2.16. The number of carbonyl (C=O) groups excluding carboxylic acids is 2. The van der Waals surface area contributed by atoms with Crippen molar-refractivity contribution >= 4 is 29.0 Å². The fraction of sp³-hybridized carbons (Fsp3) is 0.389. The molecule has 2 aromatic rings. The lowest BCUT2D eigenvalue weighted by Gasteiger charge is -2.19. The number of nitrogens with zero attached hydrogens (tertiary/aromatic N) is 2. The second-order valence-corrected chi connectivity index (χ2v) is 6.25. The SMILES string of the molecule is CCOc1ccc2c(c1)c(C=CC(=O)OC)nn2C(=O)OC(C)(C)C. The van der Waals surface area contributed by atoms with Crippen molar-refractivity contribution in [2.24, 2.45) is 0 Å². The Kier molecular flexibility index (Phi) is 5.46. The first-order valence-corrected chi connectivity index (χ1v) is 7.90. The second kappa shape index (κ2) is 7.38. The topological polar surface area (TPSA) is 79.7 Å². The molecule has 25 heavy (non-hydrogen) atoms. The zero-order valence-electron chi connectivity index (χ0n) is 15.0. The lowest BCUT2D eigenvalue weighted by atomic mass is 10.2. The van der Waals surface area contributed by atoms with Crippen LogP contribution in [0.1, 0.15) is 33.4 Å². The molecule has 7 heteroatoms. The number of hydrogen-bond acceptors (Lipinski definition) is 6. The minimum Gasteiger partial charge on any atom is -0.494 e. The number of ether oxygens (including phenoxy) is 3. The van der Waals surface area contributed by atoms with E-state index in [0.29, 0.717) is 29.0 Å². The average molecular weight is 346 g/mol. The molecule has 0 spiro atoms. The highest BCUT2D eigenvalue weighted by Crippen LogP contribution is 2.26. The average Bonchev–Trinajstić information content (AvgIpc) is 2.89. The minimum atomic E-state index is -0.650. The molecule has 0 unspecified atom stereocenters. The molecule has 0 aliphatic carbocycles. The number of fused-ring (bicyclic) bond motifs is 1. The Balaban J connectivity index is 2.53. The maximum atomic E-state index is 12.4. The number of rotatable bonds is 4. The molecule has 1 heterocycles. The van der Waals surface area contributed by atoms with Gasteiger partial charge in [-0.1, -0.05) is 0 Å². The Morgan fingerprint density at radius 3 is 2.60 bits per heavy atom. The van der Waals surface area contributed by atoms with Gasteiger partial charge in [0.25, 0.3) is 0 Å². The number of aromatic nitrogens is 2. The van der Waals surface area contributed by atoms with Gasteiger partial charge in [0, 0.05) is 11.5 Å². The molecule has 1 aromatic heterocycles. The predicted octanol–water partition coefficient (Wildman–Crippen LogP) is 3.40. The van der Waals surface area contributed by atoms with Gasteiger partial charge in [-0.05, 0) is 52.0 Å². The van der Waals surface area contributed by atoms with Crippen LogP contribution in [-0.2, 0) is 14.3 Å². The Hall–Kier alpha value is -2.83. The highest BCUT2D eigenvalue weighted by atomic mass is 16.6. The molecule has 0 saturated heterocycles. The van der Waals surface area contributed by atoms with Crippen LogP contribution in [0.3, 0.4) is 0 Å². The normalized spacial score (nSPS) is 11.7. The summed E-state index contributed by atoms with van der Waals surface area (Å²) in [6, 6.07) is 5.25. The Morgan fingerprint density at radius 1 is 1.28 bits per heavy atom. The van der Waals surface area contributed by atoms with Gasteiger partial charge in [0.05, 0.1) is 24.9 Å². The summed E-state index contributed by atoms with van der Waals surface area (Å²) in [5.74, 6) is 0.132. The molecule has 0 atom stereocenters. The molecular formula is C18H22N2O5. The third kappa shape index (κ3) is 4.59. The van der Waals surface area contributed by atoms with Gasteiger partial charge in [0.2, 0.25) is 0 Å². The highest BCUT2D eigenvalue weighted by Gasteiger charge is 2.22. The summed E-state index contributed by atoms with van der Waals surface area (Å²) < 4.78 is 16.6. The summed E-state index contributed by atoms with van der Waals surface area (Å²) in [6.45, 7) is 7.73. The van der Waals surface area contributed by atoms with Gasteiger partial charge in [-0.15, -0.1) is 0 Å². The molecule has 0 bridgehead atoms. The number of hydrogen-bond donors (Lipinski definition) is 0. The molecule has 0 fully saturated rings. The van der Waals surface area contributed by atoms with Crippen LogP contribution in [0.4, 0.5) is 4.79 Å². The van der Waals surface area contributed by atoms with E-state index in [-0.39, 0.29) is 0 Å². The first kappa shape index (κ1) is 18.5. The lowest BCUT2D eigenvalue weighted by molar-refractivity contribution is -0.134. The molecule has 0 aliphatic rings. The van der Waals surface area contributed by atoms with Gasteiger partial charge >= 0.3 is 12.1 Å². The van der Waals surface area contributed by atoms with Crippen molar-refractivity contribution in [2.45, 2.75) is 33.3 Å². The van der Waals surface area contributed by atoms with Gasteiger partial charge < -0.3 is 14.2 Å². The van der Waals surface area contributed by atoms with Crippen LogP contribution in [0.5, 0.6) is 5.75 Å². The number of benzene rings is 1. The molecule has 134 valence electrons. The van der Waals surface area contributed by atoms with E-state index in [1.165, 1.54) is 23.9 Å². The van der Waals surface area contributed by atoms with Crippen LogP contribution in [0.15, 0.2) is 24.3 Å². The largest absolute Gasteiger partial charge is 0.494 e. The second-order valence-electron chi connectivity index (χ2n) is 6.25. The van der Waals surface area contributed by atoms with E-state index in [1.807, 2.05) is 6.92 Å². The van der Waals surface area contributed by atoms with Gasteiger partial charge in [0.1, 0.15) is 11.4 Å². The van der Waals surface area contributed by atoms with Crippen molar-refractivity contribution < 1.29 is 23.8 Å². The number of methoxy groups -OCH3 is 1. The van der Waals surface area contributed by atoms with Gasteiger partial charge in [-0.25, -0.2) is 9.59 Å². The number of carbonyl (C=O) groups is 2. The molecule has 2 rings (SSSR count). The Bertz CT molecular complexity index is 815. The van der Waals surface area contributed by atoms with E-state index >= 15 is 0 Å². The van der Waals surface area contributed by atoms with Crippen molar-refractivity contribution in [3.05, 3.63) is 30.0 Å². The van der Waals surface area contributed by atoms with E-state index in [4.69, 9.17) is 9.47 Å². The van der Waals surface area contributed by atoms with Gasteiger partial charge in [0.15, 0.2) is 0 Å². The van der Waals surface area contributed by atoms with Crippen LogP contribution in [0.2, 0.25) is 0 Å². The van der Waals surface area contributed by atoms with E-state index in [1.54, 1.807) is 39.0 Å². The molecule has 0 aliphatic heterocycles. The first-order chi connectivity index (χ1) is 11.7. The van der Waals surface area contributed by atoms with Crippen LogP contribution in [-0.4, -0.2) is 41.2 Å². The Morgan fingerprint density at radius 2 is 2.00 bits per heavy atom. The van der Waals surface area contributed by atoms with Gasteiger partial charge in [-0.3, -0.25) is 0 Å². The van der Waals surface area contributed by atoms with E-state index in [0.717, 1.165) is 0 Å². The first-order valence-electron chi connectivity index (χ1n) is 7.90. The molecule has 0 radical (unpaired) electrons. The molecule has 1 aromatic carbocycles. The maximum absolute atomic E-state index is 12.4. The fourth-order valence-electron chi connectivity index (χ4n) is 2.16. The Labute approximate surface area is 146 Å². The van der Waals surface area contributed by atoms with E-state index < -0.39 is 17.7 Å². The van der Waals surface area contributed by atoms with Gasteiger partial charge in [-0.2, -0.15) is 9.78 Å². The van der Waals surface area contributed by atoms with Crippen molar-refractivity contribution in [1.82, 2.24) is 9.78 Å². The summed E-state index contributed by atoms with van der Waals surface area (Å²) in [6.07, 6.45) is 2.14. The summed E-state index contributed by atoms with van der Waals surface area (Å²) >= 11 is 0. The smallest absolute Gasteiger partial charge is 0.435 e. The van der Waals surface area contributed by atoms with Crippen molar-refractivity contribution in [1.29, 1.82) is 0 Å². The lowest BCUT2D eigenvalue weighted by Crippen LogP contribution is -2.27. The third-order valence-electron chi connectivity index (χ3n) is 3.14. The molecule has 7 nitrogen and oxygen atoms in total. The van der Waals surface area contributed by atoms with Crippen molar-refractivity contribution in [2.75, 3.05) is 13.7 Å². The van der Waals surface area contributed by atoms with Crippen molar-refractivity contribution in [3.63, 3.8) is 0 Å². The summed E-state index contributed by atoms with van der Waals surface area (Å²) in [4.78, 5) is 23.8. The zero-order valence-corrected chi connectivity index (χ0v) is 15.0. The maximum Gasteiger partial charge on any atom is 0.435 e. The van der Waals surface area contributed by atoms with Crippen LogP contribution < -0.4 is 4.74 Å². The third-order valence-corrected chi connectivity index (χ3v) is 3.14. The van der Waals surface area contributed by atoms with E-state index in [2.05, 4.69) is 9.84 Å². The quantitative estimate of drug-likeness (QED) is 0.623. The molecular weight excluding hydrogens is 324 g/mol. The van der Waals surface area contributed by atoms with Crippen molar-refractivity contribution in [3.8, 4) is 5.75 Å². The summed E-state index contributed by atoms with van der Waals surface area (Å²) in [5, 5.41) is 4.94. The summed E-state index contributed by atoms with van der Waals surface area (Å²) in [7, 11) is 1.29. The predicted molar refractivity (Wildman–Crippen MR) is 93.6 cm³/mol. The summed E-state index contributed by atoms with van der Waals surface area (Å²) in [5.41, 5.74) is 0.345. The monoisotopic (exact) mass is 346 g/mol. The minimum absolute atomic E-state index is 0.438. The molecule has 0 N–H and O–H groups in total. The standard InChI is InChI=1S/C18H22N2O5/c1-6-24-12-7-9-15-13(11-12)14(8-10-16(21)23-5)19-20(15)17(22)25-18(2,3)4/h7-11H,6H2,1-5H3.